The molecule has 136 valence electrons. The Kier molecular flexibility index (Phi) is 5.92. The Morgan fingerprint density at radius 2 is 1.85 bits per heavy atom. The molecule has 1 heterocycles. The molecule has 0 radical (unpaired) electrons. The van der Waals surface area contributed by atoms with Crippen LogP contribution in [0.1, 0.15) is 17.5 Å². The number of carbonyl (C=O) groups excluding carboxylic acids is 1. The molecule has 3 aromatic rings. The summed E-state index contributed by atoms with van der Waals surface area (Å²) in [5.74, 6) is -0.277. The second kappa shape index (κ2) is 8.54. The predicted octanol–water partition coefficient (Wildman–Crippen LogP) is 2.77. The number of hydrogen-bond acceptors (Lipinski definition) is 3. The lowest BCUT2D eigenvalue weighted by Crippen LogP contribution is -2.34. The zero-order valence-corrected chi connectivity index (χ0v) is 14.6. The molecule has 1 aromatic heterocycles. The van der Waals surface area contributed by atoms with Gasteiger partial charge in [-0.25, -0.2) is 0 Å². The summed E-state index contributed by atoms with van der Waals surface area (Å²) in [6, 6.07) is 15.1. The van der Waals surface area contributed by atoms with E-state index in [1.165, 1.54) is 10.9 Å². The van der Waals surface area contributed by atoms with E-state index in [4.69, 9.17) is 0 Å². The number of aromatic hydroxyl groups is 1. The molecule has 0 saturated heterocycles. The molecule has 0 bridgehead atoms. The summed E-state index contributed by atoms with van der Waals surface area (Å²) in [7, 11) is 0. The Labute approximate surface area is 152 Å². The molecule has 3 rings (SSSR count). The van der Waals surface area contributed by atoms with E-state index in [0.29, 0.717) is 19.4 Å². The van der Waals surface area contributed by atoms with Crippen LogP contribution in [0, 0.1) is 5.92 Å². The molecular formula is C21H24N2O3. The molecule has 5 nitrogen and oxygen atoms in total. The highest BCUT2D eigenvalue weighted by Crippen LogP contribution is 2.21. The average Bonchev–Trinajstić information content (AvgIpc) is 3.06. The van der Waals surface area contributed by atoms with E-state index >= 15 is 0 Å². The number of phenolic OH excluding ortho intramolecular Hbond substituents is 1. The Bertz CT molecular complexity index is 872. The molecule has 0 spiro atoms. The first-order valence-electron chi connectivity index (χ1n) is 8.89. The van der Waals surface area contributed by atoms with Gasteiger partial charge in [-0.2, -0.15) is 0 Å². The van der Waals surface area contributed by atoms with Gasteiger partial charge in [0.2, 0.25) is 5.91 Å². The fourth-order valence-electron chi connectivity index (χ4n) is 3.23. The molecule has 26 heavy (non-hydrogen) atoms. The van der Waals surface area contributed by atoms with Crippen LogP contribution in [0.5, 0.6) is 5.75 Å². The van der Waals surface area contributed by atoms with E-state index in [9.17, 15) is 15.0 Å². The Hall–Kier alpha value is -2.79. The third kappa shape index (κ3) is 4.24. The number of hydrogen-bond donors (Lipinski definition) is 4. The quantitative estimate of drug-likeness (QED) is 0.503. The van der Waals surface area contributed by atoms with Gasteiger partial charge in [0.25, 0.3) is 0 Å². The van der Waals surface area contributed by atoms with Crippen molar-refractivity contribution in [2.45, 2.75) is 19.3 Å². The normalized spacial score (nSPS) is 12.2. The summed E-state index contributed by atoms with van der Waals surface area (Å²) in [5.41, 5.74) is 2.98. The molecule has 0 saturated carbocycles. The number of aliphatic hydroxyl groups is 1. The minimum Gasteiger partial charge on any atom is -0.508 e. The number of phenols is 1. The van der Waals surface area contributed by atoms with E-state index in [-0.39, 0.29) is 24.2 Å². The monoisotopic (exact) mass is 352 g/mol. The zero-order valence-electron chi connectivity index (χ0n) is 14.6. The molecule has 0 aliphatic heterocycles. The van der Waals surface area contributed by atoms with Gasteiger partial charge < -0.3 is 20.5 Å². The maximum Gasteiger partial charge on any atom is 0.223 e. The molecule has 0 aliphatic rings. The summed E-state index contributed by atoms with van der Waals surface area (Å²) in [6.45, 7) is 0.470. The summed E-state index contributed by atoms with van der Waals surface area (Å²) >= 11 is 0. The number of benzene rings is 2. The third-order valence-corrected chi connectivity index (χ3v) is 4.67. The molecule has 1 unspecified atom stereocenters. The Balaban J connectivity index is 1.58. The number of para-hydroxylation sites is 2. The van der Waals surface area contributed by atoms with Gasteiger partial charge in [-0.15, -0.1) is 0 Å². The van der Waals surface area contributed by atoms with Crippen molar-refractivity contribution < 1.29 is 15.0 Å². The van der Waals surface area contributed by atoms with Crippen LogP contribution in [0.3, 0.4) is 0 Å². The van der Waals surface area contributed by atoms with E-state index < -0.39 is 0 Å². The van der Waals surface area contributed by atoms with Crippen molar-refractivity contribution in [1.29, 1.82) is 0 Å². The molecule has 1 atom stereocenters. The topological polar surface area (TPSA) is 85.4 Å². The average molecular weight is 352 g/mol. The standard InChI is InChI=1S/C21H24N2O3/c24-12-10-16(13-15-5-1-4-8-20(15)25)21(26)22-11-9-17-14-23-19-7-3-2-6-18(17)19/h1-8,14,16,23-25H,9-13H2,(H,22,26). The predicted molar refractivity (Wildman–Crippen MR) is 102 cm³/mol. The number of H-pyrrole nitrogens is 1. The lowest BCUT2D eigenvalue weighted by Gasteiger charge is -2.16. The van der Waals surface area contributed by atoms with Crippen LogP contribution in [0.25, 0.3) is 10.9 Å². The first-order valence-corrected chi connectivity index (χ1v) is 8.89. The van der Waals surface area contributed by atoms with Crippen LogP contribution < -0.4 is 5.32 Å². The fraction of sp³-hybridized carbons (Fsp3) is 0.286. The van der Waals surface area contributed by atoms with Gasteiger partial charge in [-0.05, 0) is 42.5 Å². The summed E-state index contributed by atoms with van der Waals surface area (Å²) in [6.07, 6.45) is 3.49. The van der Waals surface area contributed by atoms with Crippen LogP contribution in [-0.4, -0.2) is 34.3 Å². The maximum atomic E-state index is 12.5. The number of nitrogens with one attached hydrogen (secondary N) is 2. The molecule has 0 aliphatic carbocycles. The van der Waals surface area contributed by atoms with Crippen LogP contribution in [0.15, 0.2) is 54.7 Å². The van der Waals surface area contributed by atoms with Gasteiger partial charge in [-0.1, -0.05) is 36.4 Å². The maximum absolute atomic E-state index is 12.5. The van der Waals surface area contributed by atoms with Crippen LogP contribution in [0.4, 0.5) is 0 Å². The first-order chi connectivity index (χ1) is 12.7. The molecule has 2 aromatic carbocycles. The van der Waals surface area contributed by atoms with Gasteiger partial charge in [-0.3, -0.25) is 4.79 Å². The number of carbonyl (C=O) groups is 1. The van der Waals surface area contributed by atoms with E-state index in [1.807, 2.05) is 30.5 Å². The van der Waals surface area contributed by atoms with Crippen LogP contribution in [-0.2, 0) is 17.6 Å². The SMILES string of the molecule is O=C(NCCc1c[nH]c2ccccc12)C(CCO)Cc1ccccc1O. The smallest absolute Gasteiger partial charge is 0.223 e. The number of amides is 1. The van der Waals surface area contributed by atoms with Gasteiger partial charge in [0.15, 0.2) is 0 Å². The Morgan fingerprint density at radius 1 is 1.08 bits per heavy atom. The minimum atomic E-state index is -0.365. The number of aromatic nitrogens is 1. The number of rotatable bonds is 8. The lowest BCUT2D eigenvalue weighted by atomic mass is 9.95. The largest absolute Gasteiger partial charge is 0.508 e. The lowest BCUT2D eigenvalue weighted by molar-refractivity contribution is -0.125. The van der Waals surface area contributed by atoms with E-state index in [2.05, 4.69) is 16.4 Å². The highest BCUT2D eigenvalue weighted by molar-refractivity contribution is 5.83. The summed E-state index contributed by atoms with van der Waals surface area (Å²) in [5, 5.41) is 23.3. The van der Waals surface area contributed by atoms with E-state index in [1.54, 1.807) is 18.2 Å². The molecular weight excluding hydrogens is 328 g/mol. The molecule has 4 N–H and O–H groups in total. The Morgan fingerprint density at radius 3 is 2.65 bits per heavy atom. The van der Waals surface area contributed by atoms with Crippen molar-refractivity contribution in [3.05, 3.63) is 65.9 Å². The van der Waals surface area contributed by atoms with Gasteiger partial charge in [0.05, 0.1) is 0 Å². The van der Waals surface area contributed by atoms with Crippen molar-refractivity contribution in [2.24, 2.45) is 5.92 Å². The third-order valence-electron chi connectivity index (χ3n) is 4.67. The second-order valence-corrected chi connectivity index (χ2v) is 6.44. The number of aromatic amines is 1. The second-order valence-electron chi connectivity index (χ2n) is 6.44. The minimum absolute atomic E-state index is 0.0614. The van der Waals surface area contributed by atoms with Gasteiger partial charge in [0.1, 0.15) is 5.75 Å². The summed E-state index contributed by atoms with van der Waals surface area (Å²) < 4.78 is 0. The van der Waals surface area contributed by atoms with Gasteiger partial charge >= 0.3 is 0 Å². The van der Waals surface area contributed by atoms with Crippen LogP contribution in [0.2, 0.25) is 0 Å². The highest BCUT2D eigenvalue weighted by Gasteiger charge is 2.19. The zero-order chi connectivity index (χ0) is 18.4. The molecule has 0 fully saturated rings. The van der Waals surface area contributed by atoms with Crippen molar-refractivity contribution >= 4 is 16.8 Å². The van der Waals surface area contributed by atoms with Crippen LogP contribution >= 0.6 is 0 Å². The number of fused-ring (bicyclic) bond motifs is 1. The van der Waals surface area contributed by atoms with E-state index in [0.717, 1.165) is 17.5 Å². The molecule has 1 amide bonds. The van der Waals surface area contributed by atoms with Crippen molar-refractivity contribution in [3.8, 4) is 5.75 Å². The van der Waals surface area contributed by atoms with Gasteiger partial charge in [0, 0.05) is 36.2 Å². The first kappa shape index (κ1) is 18.0. The molecule has 5 heteroatoms. The van der Waals surface area contributed by atoms with Crippen molar-refractivity contribution in [2.75, 3.05) is 13.2 Å². The fourth-order valence-corrected chi connectivity index (χ4v) is 3.23. The van der Waals surface area contributed by atoms with Crippen molar-refractivity contribution in [3.63, 3.8) is 0 Å². The highest BCUT2D eigenvalue weighted by atomic mass is 16.3. The van der Waals surface area contributed by atoms with Crippen molar-refractivity contribution in [1.82, 2.24) is 10.3 Å². The summed E-state index contributed by atoms with van der Waals surface area (Å²) in [4.78, 5) is 15.8. The number of aliphatic hydroxyl groups excluding tert-OH is 1.